The second-order valence-electron chi connectivity index (χ2n) is 4.28. The van der Waals surface area contributed by atoms with E-state index in [9.17, 15) is 23.1 Å². The minimum absolute atomic E-state index is 0.0205. The summed E-state index contributed by atoms with van der Waals surface area (Å²) in [7, 11) is 0. The summed E-state index contributed by atoms with van der Waals surface area (Å²) in [5, 5.41) is 18.5. The largest absolute Gasteiger partial charge is 0.479 e. The van der Waals surface area contributed by atoms with E-state index < -0.39 is 23.8 Å². The Bertz CT molecular complexity index is 656. The summed E-state index contributed by atoms with van der Waals surface area (Å²) >= 11 is 0. The van der Waals surface area contributed by atoms with E-state index in [0.29, 0.717) is 5.56 Å². The molecule has 0 spiro atoms. The number of aliphatic hydroxyl groups excluding tert-OH is 1. The van der Waals surface area contributed by atoms with Gasteiger partial charge in [0.15, 0.2) is 6.10 Å². The molecule has 21 heavy (non-hydrogen) atoms. The zero-order valence-corrected chi connectivity index (χ0v) is 10.5. The molecule has 0 amide bonds. The molecule has 0 radical (unpaired) electrons. The molecule has 2 aromatic rings. The van der Waals surface area contributed by atoms with Crippen LogP contribution in [0.1, 0.15) is 17.2 Å². The first-order chi connectivity index (χ1) is 9.80. The molecule has 0 saturated heterocycles. The van der Waals surface area contributed by atoms with Crippen molar-refractivity contribution in [2.75, 3.05) is 0 Å². The predicted octanol–water partition coefficient (Wildman–Crippen LogP) is 2.89. The summed E-state index contributed by atoms with van der Waals surface area (Å²) in [5.41, 5.74) is -0.780. The van der Waals surface area contributed by atoms with E-state index in [1.807, 2.05) is 0 Å². The molecule has 1 heterocycles. The molecule has 1 aromatic carbocycles. The minimum atomic E-state index is -4.57. The smallest absolute Gasteiger partial charge is 0.416 e. The molecule has 1 unspecified atom stereocenters. The van der Waals surface area contributed by atoms with Gasteiger partial charge in [0.1, 0.15) is 0 Å². The van der Waals surface area contributed by atoms with E-state index in [2.05, 4.69) is 4.98 Å². The normalized spacial score (nSPS) is 13.0. The number of aliphatic hydroxyl groups is 1. The van der Waals surface area contributed by atoms with Crippen LogP contribution in [0.2, 0.25) is 0 Å². The van der Waals surface area contributed by atoms with Crippen LogP contribution in [0.15, 0.2) is 42.7 Å². The molecule has 7 heteroatoms. The van der Waals surface area contributed by atoms with Gasteiger partial charge in [-0.05, 0) is 29.3 Å². The molecule has 0 aliphatic rings. The number of carbonyl (C=O) groups is 1. The lowest BCUT2D eigenvalue weighted by Gasteiger charge is -2.15. The van der Waals surface area contributed by atoms with Crippen molar-refractivity contribution >= 4 is 5.97 Å². The molecule has 0 aliphatic carbocycles. The number of hydrogen-bond acceptors (Lipinski definition) is 3. The van der Waals surface area contributed by atoms with Gasteiger partial charge in [-0.25, -0.2) is 4.79 Å². The summed E-state index contributed by atoms with van der Waals surface area (Å²) < 4.78 is 38.3. The number of aromatic nitrogens is 1. The van der Waals surface area contributed by atoms with Gasteiger partial charge in [-0.2, -0.15) is 13.2 Å². The highest BCUT2D eigenvalue weighted by Gasteiger charge is 2.32. The Morgan fingerprint density at radius 2 is 1.95 bits per heavy atom. The van der Waals surface area contributed by atoms with Crippen molar-refractivity contribution in [3.63, 3.8) is 0 Å². The van der Waals surface area contributed by atoms with Crippen molar-refractivity contribution in [3.8, 4) is 11.1 Å². The zero-order chi connectivity index (χ0) is 15.6. The first-order valence-electron chi connectivity index (χ1n) is 5.83. The SMILES string of the molecule is O=C(O)C(O)c1ccc(C(F)(F)F)cc1-c1cccnc1. The van der Waals surface area contributed by atoms with Crippen LogP contribution in [0.5, 0.6) is 0 Å². The Balaban J connectivity index is 2.64. The number of rotatable bonds is 3. The summed E-state index contributed by atoms with van der Waals surface area (Å²) in [6, 6.07) is 5.50. The van der Waals surface area contributed by atoms with Crippen LogP contribution < -0.4 is 0 Å². The molecule has 2 rings (SSSR count). The van der Waals surface area contributed by atoms with E-state index in [1.54, 1.807) is 0 Å². The fourth-order valence-electron chi connectivity index (χ4n) is 1.88. The second-order valence-corrected chi connectivity index (χ2v) is 4.28. The van der Waals surface area contributed by atoms with Crippen molar-refractivity contribution in [1.82, 2.24) is 4.98 Å². The fraction of sp³-hybridized carbons (Fsp3) is 0.143. The molecule has 110 valence electrons. The quantitative estimate of drug-likeness (QED) is 0.914. The Kier molecular flexibility index (Phi) is 3.95. The summed E-state index contributed by atoms with van der Waals surface area (Å²) in [6.45, 7) is 0. The molecule has 0 saturated carbocycles. The minimum Gasteiger partial charge on any atom is -0.479 e. The first kappa shape index (κ1) is 15.0. The third-order valence-electron chi connectivity index (χ3n) is 2.88. The molecule has 1 aromatic heterocycles. The summed E-state index contributed by atoms with van der Waals surface area (Å²) in [5.74, 6) is -1.54. The third kappa shape index (κ3) is 3.19. The molecule has 0 bridgehead atoms. The van der Waals surface area contributed by atoms with Gasteiger partial charge in [0.25, 0.3) is 0 Å². The number of halogens is 3. The highest BCUT2D eigenvalue weighted by Crippen LogP contribution is 2.35. The van der Waals surface area contributed by atoms with E-state index in [0.717, 1.165) is 18.2 Å². The topological polar surface area (TPSA) is 70.4 Å². The van der Waals surface area contributed by atoms with Gasteiger partial charge < -0.3 is 10.2 Å². The Hall–Kier alpha value is -2.41. The highest BCUT2D eigenvalue weighted by atomic mass is 19.4. The monoisotopic (exact) mass is 297 g/mol. The lowest BCUT2D eigenvalue weighted by molar-refractivity contribution is -0.146. The average molecular weight is 297 g/mol. The predicted molar refractivity (Wildman–Crippen MR) is 67.3 cm³/mol. The summed E-state index contributed by atoms with van der Waals surface area (Å²) in [4.78, 5) is 14.7. The lowest BCUT2D eigenvalue weighted by atomic mass is 9.95. The number of benzene rings is 1. The molecule has 1 atom stereocenters. The van der Waals surface area contributed by atoms with Crippen LogP contribution in [-0.2, 0) is 11.0 Å². The van der Waals surface area contributed by atoms with Crippen molar-refractivity contribution in [2.24, 2.45) is 0 Å². The second kappa shape index (κ2) is 5.53. The van der Waals surface area contributed by atoms with Gasteiger partial charge in [0.05, 0.1) is 5.56 Å². The third-order valence-corrected chi connectivity index (χ3v) is 2.88. The Morgan fingerprint density at radius 3 is 2.48 bits per heavy atom. The molecule has 2 N–H and O–H groups in total. The average Bonchev–Trinajstić information content (AvgIpc) is 2.45. The number of nitrogens with zero attached hydrogens (tertiary/aromatic N) is 1. The number of carboxylic acids is 1. The molecule has 0 aliphatic heterocycles. The van der Waals surface area contributed by atoms with Crippen molar-refractivity contribution in [1.29, 1.82) is 0 Å². The molecule has 0 fully saturated rings. The maximum absolute atomic E-state index is 12.8. The first-order valence-corrected chi connectivity index (χ1v) is 5.83. The van der Waals surface area contributed by atoms with Crippen LogP contribution in [-0.4, -0.2) is 21.2 Å². The van der Waals surface area contributed by atoms with Crippen LogP contribution in [0, 0.1) is 0 Å². The van der Waals surface area contributed by atoms with Gasteiger partial charge in [0, 0.05) is 18.0 Å². The van der Waals surface area contributed by atoms with E-state index in [-0.39, 0.29) is 11.1 Å². The maximum atomic E-state index is 12.8. The lowest BCUT2D eigenvalue weighted by Crippen LogP contribution is -2.13. The molecule has 4 nitrogen and oxygen atoms in total. The van der Waals surface area contributed by atoms with Crippen LogP contribution >= 0.6 is 0 Å². The van der Waals surface area contributed by atoms with E-state index in [4.69, 9.17) is 5.11 Å². The van der Waals surface area contributed by atoms with Gasteiger partial charge in [-0.3, -0.25) is 4.98 Å². The van der Waals surface area contributed by atoms with Gasteiger partial charge in [0.2, 0.25) is 0 Å². The number of pyridine rings is 1. The Labute approximate surface area is 117 Å². The maximum Gasteiger partial charge on any atom is 0.416 e. The number of aliphatic carboxylic acids is 1. The fourth-order valence-corrected chi connectivity index (χ4v) is 1.88. The van der Waals surface area contributed by atoms with Gasteiger partial charge in [-0.1, -0.05) is 12.1 Å². The van der Waals surface area contributed by atoms with Crippen molar-refractivity contribution in [3.05, 3.63) is 53.9 Å². The van der Waals surface area contributed by atoms with Crippen molar-refractivity contribution in [2.45, 2.75) is 12.3 Å². The molecular weight excluding hydrogens is 287 g/mol. The molecular formula is C14H10F3NO3. The summed E-state index contributed by atoms with van der Waals surface area (Å²) in [6.07, 6.45) is -3.75. The van der Waals surface area contributed by atoms with Gasteiger partial charge in [-0.15, -0.1) is 0 Å². The van der Waals surface area contributed by atoms with Crippen molar-refractivity contribution < 1.29 is 28.2 Å². The van der Waals surface area contributed by atoms with Gasteiger partial charge >= 0.3 is 12.1 Å². The highest BCUT2D eigenvalue weighted by molar-refractivity contribution is 5.79. The standard InChI is InChI=1S/C14H10F3NO3/c15-14(16,17)9-3-4-10(12(19)13(20)21)11(6-9)8-2-1-5-18-7-8/h1-7,12,19H,(H,20,21). The van der Waals surface area contributed by atoms with E-state index in [1.165, 1.54) is 24.5 Å². The van der Waals surface area contributed by atoms with E-state index >= 15 is 0 Å². The van der Waals surface area contributed by atoms with Crippen LogP contribution in [0.3, 0.4) is 0 Å². The number of alkyl halides is 3. The van der Waals surface area contributed by atoms with Crippen LogP contribution in [0.25, 0.3) is 11.1 Å². The van der Waals surface area contributed by atoms with Crippen LogP contribution in [0.4, 0.5) is 13.2 Å². The zero-order valence-electron chi connectivity index (χ0n) is 10.5. The number of hydrogen-bond donors (Lipinski definition) is 2. The number of carboxylic acid groups (broad SMARTS) is 1. The Morgan fingerprint density at radius 1 is 1.24 bits per heavy atom.